The van der Waals surface area contributed by atoms with Crippen molar-refractivity contribution in [1.82, 2.24) is 0 Å². The van der Waals surface area contributed by atoms with E-state index in [9.17, 15) is 14.7 Å². The van der Waals surface area contributed by atoms with Crippen LogP contribution in [0.3, 0.4) is 0 Å². The third-order valence-electron chi connectivity index (χ3n) is 4.00. The number of carboxylic acids is 1. The first-order chi connectivity index (χ1) is 13.0. The van der Waals surface area contributed by atoms with Gasteiger partial charge in [0.2, 0.25) is 0 Å². The Balaban J connectivity index is 1.86. The number of carbonyl (C=O) groups excluding carboxylic acids is 1. The number of rotatable bonds is 5. The smallest absolute Gasteiger partial charge is 0.335 e. The Bertz CT molecular complexity index is 985. The van der Waals surface area contributed by atoms with Gasteiger partial charge in [-0.3, -0.25) is 4.79 Å². The number of methoxy groups -OCH3 is 1. The zero-order chi connectivity index (χ0) is 19.4. The molecule has 0 aliphatic heterocycles. The molecular formula is C21H16ClNO4. The van der Waals surface area contributed by atoms with Gasteiger partial charge in [0.05, 0.1) is 23.4 Å². The molecular weight excluding hydrogens is 366 g/mol. The molecule has 3 aromatic rings. The van der Waals surface area contributed by atoms with Crippen LogP contribution in [0.5, 0.6) is 5.75 Å². The summed E-state index contributed by atoms with van der Waals surface area (Å²) < 4.78 is 5.18. The van der Waals surface area contributed by atoms with Crippen molar-refractivity contribution in [1.29, 1.82) is 0 Å². The quantitative estimate of drug-likeness (QED) is 0.654. The maximum absolute atomic E-state index is 12.6. The first-order valence-corrected chi connectivity index (χ1v) is 8.45. The molecule has 27 heavy (non-hydrogen) atoms. The highest BCUT2D eigenvalue weighted by Crippen LogP contribution is 2.34. The lowest BCUT2D eigenvalue weighted by atomic mass is 10.0. The molecule has 0 aliphatic rings. The van der Waals surface area contributed by atoms with Crippen molar-refractivity contribution in [2.75, 3.05) is 12.4 Å². The summed E-state index contributed by atoms with van der Waals surface area (Å²) in [6.07, 6.45) is 0. The van der Waals surface area contributed by atoms with E-state index in [0.29, 0.717) is 5.56 Å². The van der Waals surface area contributed by atoms with Crippen molar-refractivity contribution in [2.45, 2.75) is 0 Å². The number of anilines is 1. The van der Waals surface area contributed by atoms with Crippen molar-refractivity contribution in [2.24, 2.45) is 0 Å². The molecule has 136 valence electrons. The minimum Gasteiger partial charge on any atom is -0.493 e. The van der Waals surface area contributed by atoms with E-state index >= 15 is 0 Å². The number of carboxylic acid groups (broad SMARTS) is 1. The Morgan fingerprint density at radius 3 is 2.15 bits per heavy atom. The number of aromatic carboxylic acids is 1. The van der Waals surface area contributed by atoms with E-state index < -0.39 is 11.9 Å². The molecule has 2 N–H and O–H groups in total. The van der Waals surface area contributed by atoms with Crippen LogP contribution in [-0.2, 0) is 0 Å². The van der Waals surface area contributed by atoms with Gasteiger partial charge in [-0.15, -0.1) is 0 Å². The van der Waals surface area contributed by atoms with Crippen LogP contribution in [0.2, 0.25) is 5.02 Å². The molecule has 3 aromatic carbocycles. The number of hydrogen-bond acceptors (Lipinski definition) is 3. The highest BCUT2D eigenvalue weighted by Gasteiger charge is 2.16. The van der Waals surface area contributed by atoms with Gasteiger partial charge in [0.25, 0.3) is 5.91 Å². The first kappa shape index (κ1) is 18.5. The molecule has 0 atom stereocenters. The normalized spacial score (nSPS) is 10.3. The van der Waals surface area contributed by atoms with E-state index in [1.54, 1.807) is 12.1 Å². The highest BCUT2D eigenvalue weighted by molar-refractivity contribution is 6.33. The lowest BCUT2D eigenvalue weighted by Gasteiger charge is -2.13. The number of carbonyl (C=O) groups is 2. The van der Waals surface area contributed by atoms with Crippen LogP contribution < -0.4 is 10.1 Å². The van der Waals surface area contributed by atoms with E-state index in [-0.39, 0.29) is 22.0 Å². The van der Waals surface area contributed by atoms with E-state index in [2.05, 4.69) is 5.32 Å². The van der Waals surface area contributed by atoms with Crippen LogP contribution >= 0.6 is 11.6 Å². The van der Waals surface area contributed by atoms with Crippen molar-refractivity contribution >= 4 is 29.2 Å². The number of halogens is 1. The average molecular weight is 382 g/mol. The molecule has 0 heterocycles. The molecule has 5 nitrogen and oxygen atoms in total. The third-order valence-corrected chi connectivity index (χ3v) is 4.28. The van der Waals surface area contributed by atoms with E-state index in [4.69, 9.17) is 16.3 Å². The van der Waals surface area contributed by atoms with E-state index in [1.807, 2.05) is 42.5 Å². The van der Waals surface area contributed by atoms with Gasteiger partial charge in [-0.25, -0.2) is 4.79 Å². The molecule has 1 amide bonds. The topological polar surface area (TPSA) is 75.6 Å². The van der Waals surface area contributed by atoms with Gasteiger partial charge >= 0.3 is 5.97 Å². The summed E-state index contributed by atoms with van der Waals surface area (Å²) in [6.45, 7) is 0. The third kappa shape index (κ3) is 4.10. The Hall–Kier alpha value is -3.31. The number of nitrogens with one attached hydrogen (secondary N) is 1. The minimum atomic E-state index is -1.15. The number of benzene rings is 3. The van der Waals surface area contributed by atoms with Gasteiger partial charge in [0.1, 0.15) is 0 Å². The minimum absolute atomic E-state index is 0.0458. The molecule has 0 spiro atoms. The predicted octanol–water partition coefficient (Wildman–Crippen LogP) is 4.97. The van der Waals surface area contributed by atoms with Crippen molar-refractivity contribution < 1.29 is 19.4 Å². The summed E-state index contributed by atoms with van der Waals surface area (Å²) in [4.78, 5) is 23.8. The second-order valence-electron chi connectivity index (χ2n) is 5.74. The fraction of sp³-hybridized carbons (Fsp3) is 0.0476. The SMILES string of the molecule is COc1c(Cl)cc(C(=O)O)cc1NC(=O)c1ccc(-c2ccccc2)cc1. The number of ether oxygens (including phenoxy) is 1. The molecule has 0 fully saturated rings. The monoisotopic (exact) mass is 381 g/mol. The lowest BCUT2D eigenvalue weighted by Crippen LogP contribution is -2.13. The molecule has 0 saturated heterocycles. The standard InChI is InChI=1S/C21H16ClNO4/c1-27-19-17(22)11-16(21(25)26)12-18(19)23-20(24)15-9-7-14(8-10-15)13-5-3-2-4-6-13/h2-12H,1H3,(H,23,24)(H,25,26). The van der Waals surface area contributed by atoms with Crippen LogP contribution in [-0.4, -0.2) is 24.1 Å². The van der Waals surface area contributed by atoms with E-state index in [0.717, 1.165) is 11.1 Å². The molecule has 6 heteroatoms. The van der Waals surface area contributed by atoms with Gasteiger partial charge in [0.15, 0.2) is 5.75 Å². The summed E-state index contributed by atoms with van der Waals surface area (Å²) >= 11 is 6.06. The van der Waals surface area contributed by atoms with Gasteiger partial charge in [-0.2, -0.15) is 0 Å². The van der Waals surface area contributed by atoms with Crippen molar-refractivity contribution in [3.63, 3.8) is 0 Å². The van der Waals surface area contributed by atoms with Gasteiger partial charge in [-0.05, 0) is 35.4 Å². The number of amides is 1. The molecule has 0 bridgehead atoms. The fourth-order valence-electron chi connectivity index (χ4n) is 2.66. The largest absolute Gasteiger partial charge is 0.493 e. The first-order valence-electron chi connectivity index (χ1n) is 8.07. The second kappa shape index (κ2) is 7.93. The maximum atomic E-state index is 12.6. The molecule has 0 radical (unpaired) electrons. The summed E-state index contributed by atoms with van der Waals surface area (Å²) in [6, 6.07) is 19.5. The summed E-state index contributed by atoms with van der Waals surface area (Å²) in [5, 5.41) is 11.9. The van der Waals surface area contributed by atoms with Gasteiger partial charge in [-0.1, -0.05) is 54.1 Å². The summed E-state index contributed by atoms with van der Waals surface area (Å²) in [5.41, 5.74) is 2.61. The van der Waals surface area contributed by atoms with Crippen LogP contribution in [0.25, 0.3) is 11.1 Å². The van der Waals surface area contributed by atoms with Crippen LogP contribution in [0.15, 0.2) is 66.7 Å². The Morgan fingerprint density at radius 1 is 0.926 bits per heavy atom. The molecule has 0 saturated carbocycles. The molecule has 0 aliphatic carbocycles. The van der Waals surface area contributed by atoms with Crippen LogP contribution in [0.1, 0.15) is 20.7 Å². The average Bonchev–Trinajstić information content (AvgIpc) is 2.68. The molecule has 0 aromatic heterocycles. The fourth-order valence-corrected chi connectivity index (χ4v) is 2.95. The lowest BCUT2D eigenvalue weighted by molar-refractivity contribution is 0.0696. The predicted molar refractivity (Wildman–Crippen MR) is 105 cm³/mol. The second-order valence-corrected chi connectivity index (χ2v) is 6.15. The molecule has 0 unspecified atom stereocenters. The van der Waals surface area contributed by atoms with Gasteiger partial charge < -0.3 is 15.2 Å². The summed E-state index contributed by atoms with van der Waals surface area (Å²) in [5.74, 6) is -1.34. The van der Waals surface area contributed by atoms with Crippen LogP contribution in [0, 0.1) is 0 Å². The maximum Gasteiger partial charge on any atom is 0.335 e. The zero-order valence-corrected chi connectivity index (χ0v) is 15.2. The summed E-state index contributed by atoms with van der Waals surface area (Å²) in [7, 11) is 1.39. The number of hydrogen-bond donors (Lipinski definition) is 2. The van der Waals surface area contributed by atoms with Crippen LogP contribution in [0.4, 0.5) is 5.69 Å². The van der Waals surface area contributed by atoms with Crippen molar-refractivity contribution in [3.05, 3.63) is 82.9 Å². The van der Waals surface area contributed by atoms with Gasteiger partial charge in [0, 0.05) is 5.56 Å². The Morgan fingerprint density at radius 2 is 1.56 bits per heavy atom. The van der Waals surface area contributed by atoms with E-state index in [1.165, 1.54) is 19.2 Å². The zero-order valence-electron chi connectivity index (χ0n) is 14.4. The van der Waals surface area contributed by atoms with Crippen molar-refractivity contribution in [3.8, 4) is 16.9 Å². The Kier molecular flexibility index (Phi) is 5.43. The highest BCUT2D eigenvalue weighted by atomic mass is 35.5. The Labute approximate surface area is 161 Å². The molecule has 3 rings (SSSR count).